The molecule has 0 aliphatic carbocycles. The SMILES string of the molecule is CC(Cc1ccccc1)(NC(=O)[C@H](Cc1c[nH]c2ccccc12)NC(=O)OCc1cccc2ccccc12)C(N)=O. The van der Waals surface area contributed by atoms with E-state index in [2.05, 4.69) is 15.6 Å². The van der Waals surface area contributed by atoms with E-state index < -0.39 is 29.5 Å². The molecule has 5 rings (SSSR count). The van der Waals surface area contributed by atoms with Gasteiger partial charge >= 0.3 is 6.09 Å². The van der Waals surface area contributed by atoms with Gasteiger partial charge < -0.3 is 26.1 Å². The van der Waals surface area contributed by atoms with Gasteiger partial charge in [-0.15, -0.1) is 0 Å². The number of benzene rings is 4. The third kappa shape index (κ3) is 6.38. The molecule has 5 aromatic rings. The normalized spacial score (nSPS) is 13.3. The van der Waals surface area contributed by atoms with Crippen LogP contribution in [0.1, 0.15) is 23.6 Å². The molecule has 8 nitrogen and oxygen atoms in total. The molecule has 208 valence electrons. The number of aromatic nitrogens is 1. The first-order valence-corrected chi connectivity index (χ1v) is 13.4. The van der Waals surface area contributed by atoms with E-state index in [1.165, 1.54) is 0 Å². The van der Waals surface area contributed by atoms with Crippen molar-refractivity contribution in [3.63, 3.8) is 0 Å². The second-order valence-electron chi connectivity index (χ2n) is 10.3. The average molecular weight is 549 g/mol. The van der Waals surface area contributed by atoms with Gasteiger partial charge in [0.15, 0.2) is 0 Å². The number of rotatable bonds is 10. The first-order chi connectivity index (χ1) is 19.8. The number of nitrogens with two attached hydrogens (primary N) is 1. The van der Waals surface area contributed by atoms with Gasteiger partial charge in [-0.2, -0.15) is 0 Å². The van der Waals surface area contributed by atoms with Gasteiger partial charge in [0.25, 0.3) is 0 Å². The van der Waals surface area contributed by atoms with Crippen molar-refractivity contribution in [2.24, 2.45) is 5.73 Å². The Kier molecular flexibility index (Phi) is 8.01. The maximum atomic E-state index is 13.7. The number of carbonyl (C=O) groups is 3. The Morgan fingerprint density at radius 2 is 1.54 bits per heavy atom. The van der Waals surface area contributed by atoms with E-state index in [-0.39, 0.29) is 19.4 Å². The molecular formula is C33H32N4O4. The Morgan fingerprint density at radius 1 is 0.854 bits per heavy atom. The Labute approximate surface area is 237 Å². The highest BCUT2D eigenvalue weighted by atomic mass is 16.5. The van der Waals surface area contributed by atoms with E-state index in [9.17, 15) is 14.4 Å². The van der Waals surface area contributed by atoms with Gasteiger partial charge in [0.2, 0.25) is 11.8 Å². The lowest BCUT2D eigenvalue weighted by Gasteiger charge is -2.30. The molecule has 1 aromatic heterocycles. The van der Waals surface area contributed by atoms with Gasteiger partial charge in [0, 0.05) is 29.9 Å². The molecule has 1 heterocycles. The summed E-state index contributed by atoms with van der Waals surface area (Å²) in [5, 5.41) is 8.48. The van der Waals surface area contributed by atoms with Crippen LogP contribution in [0.25, 0.3) is 21.7 Å². The van der Waals surface area contributed by atoms with Crippen LogP contribution in [-0.2, 0) is 33.8 Å². The largest absolute Gasteiger partial charge is 0.445 e. The second kappa shape index (κ2) is 12.0. The molecule has 1 unspecified atom stereocenters. The van der Waals surface area contributed by atoms with Crippen molar-refractivity contribution in [2.75, 3.05) is 0 Å². The van der Waals surface area contributed by atoms with Crippen molar-refractivity contribution >= 4 is 39.6 Å². The summed E-state index contributed by atoms with van der Waals surface area (Å²) in [5.41, 5.74) is 7.81. The van der Waals surface area contributed by atoms with Gasteiger partial charge in [-0.1, -0.05) is 91.0 Å². The minimum atomic E-state index is -1.38. The number of amides is 3. The monoisotopic (exact) mass is 548 g/mol. The molecule has 3 amide bonds. The predicted octanol–water partition coefficient (Wildman–Crippen LogP) is 4.76. The maximum absolute atomic E-state index is 13.7. The van der Waals surface area contributed by atoms with Crippen LogP contribution in [-0.4, -0.2) is 34.5 Å². The van der Waals surface area contributed by atoms with Crippen molar-refractivity contribution in [1.82, 2.24) is 15.6 Å². The molecule has 0 radical (unpaired) electrons. The molecule has 0 fully saturated rings. The summed E-state index contributed by atoms with van der Waals surface area (Å²) in [5.74, 6) is -1.23. The smallest absolute Gasteiger partial charge is 0.408 e. The van der Waals surface area contributed by atoms with E-state index in [1.807, 2.05) is 103 Å². The molecule has 4 aromatic carbocycles. The zero-order chi connectivity index (χ0) is 28.8. The van der Waals surface area contributed by atoms with Crippen molar-refractivity contribution in [2.45, 2.75) is 38.0 Å². The highest BCUT2D eigenvalue weighted by molar-refractivity contribution is 5.94. The number of ether oxygens (including phenoxy) is 1. The van der Waals surface area contributed by atoms with E-state index in [1.54, 1.807) is 6.92 Å². The predicted molar refractivity (Wildman–Crippen MR) is 159 cm³/mol. The fraction of sp³-hybridized carbons (Fsp3) is 0.182. The van der Waals surface area contributed by atoms with Gasteiger partial charge in [-0.3, -0.25) is 9.59 Å². The summed E-state index contributed by atoms with van der Waals surface area (Å²) in [7, 11) is 0. The quantitative estimate of drug-likeness (QED) is 0.201. The summed E-state index contributed by atoms with van der Waals surface area (Å²) < 4.78 is 5.57. The molecule has 0 bridgehead atoms. The van der Waals surface area contributed by atoms with Gasteiger partial charge in [0.05, 0.1) is 0 Å². The number of para-hydroxylation sites is 1. The number of hydrogen-bond acceptors (Lipinski definition) is 4. The molecule has 0 aliphatic heterocycles. The van der Waals surface area contributed by atoms with Crippen molar-refractivity contribution in [3.05, 3.63) is 120 Å². The molecular weight excluding hydrogens is 516 g/mol. The Bertz CT molecular complexity index is 1690. The van der Waals surface area contributed by atoms with Gasteiger partial charge in [0.1, 0.15) is 18.2 Å². The summed E-state index contributed by atoms with van der Waals surface area (Å²) >= 11 is 0. The number of hydrogen-bond donors (Lipinski definition) is 4. The number of H-pyrrole nitrogens is 1. The van der Waals surface area contributed by atoms with Crippen LogP contribution in [0, 0.1) is 0 Å². The second-order valence-corrected chi connectivity index (χ2v) is 10.3. The third-order valence-corrected chi connectivity index (χ3v) is 7.29. The zero-order valence-electron chi connectivity index (χ0n) is 22.7. The lowest BCUT2D eigenvalue weighted by atomic mass is 9.91. The number of primary amides is 1. The highest BCUT2D eigenvalue weighted by Crippen LogP contribution is 2.21. The van der Waals surface area contributed by atoms with Gasteiger partial charge in [-0.25, -0.2) is 4.79 Å². The first-order valence-electron chi connectivity index (χ1n) is 13.4. The van der Waals surface area contributed by atoms with Crippen LogP contribution >= 0.6 is 0 Å². The molecule has 0 aliphatic rings. The minimum Gasteiger partial charge on any atom is -0.445 e. The standard InChI is InChI=1S/C33H32N4O4/c1-33(31(34)39,19-22-10-3-2-4-11-22)37-30(38)29(18-25-20-35-28-17-8-7-16-27(25)28)36-32(40)41-21-24-14-9-13-23-12-5-6-15-26(23)24/h2-17,20,29,35H,18-19,21H2,1H3,(H2,34,39)(H,36,40)(H,37,38)/t29-,33?/m0/s1. The molecule has 0 saturated heterocycles. The average Bonchev–Trinajstić information content (AvgIpc) is 3.38. The Morgan fingerprint density at radius 3 is 2.32 bits per heavy atom. The molecule has 41 heavy (non-hydrogen) atoms. The Hall–Kier alpha value is -5.11. The number of nitrogens with one attached hydrogen (secondary N) is 3. The fourth-order valence-corrected chi connectivity index (χ4v) is 5.03. The number of alkyl carbamates (subject to hydrolysis) is 1. The van der Waals surface area contributed by atoms with Crippen LogP contribution in [0.2, 0.25) is 0 Å². The molecule has 0 spiro atoms. The topological polar surface area (TPSA) is 126 Å². The van der Waals surface area contributed by atoms with E-state index in [0.29, 0.717) is 0 Å². The lowest BCUT2D eigenvalue weighted by Crippen LogP contribution is -2.61. The summed E-state index contributed by atoms with van der Waals surface area (Å²) in [6.07, 6.45) is 1.42. The van der Waals surface area contributed by atoms with Crippen molar-refractivity contribution in [1.29, 1.82) is 0 Å². The molecule has 2 atom stereocenters. The summed E-state index contributed by atoms with van der Waals surface area (Å²) in [6, 6.07) is 29.6. The van der Waals surface area contributed by atoms with E-state index in [4.69, 9.17) is 10.5 Å². The highest BCUT2D eigenvalue weighted by Gasteiger charge is 2.36. The molecule has 8 heteroatoms. The van der Waals surface area contributed by atoms with E-state index >= 15 is 0 Å². The van der Waals surface area contributed by atoms with Gasteiger partial charge in [-0.05, 0) is 40.5 Å². The van der Waals surface area contributed by atoms with Crippen molar-refractivity contribution < 1.29 is 19.1 Å². The first kappa shape index (κ1) is 27.5. The summed E-state index contributed by atoms with van der Waals surface area (Å²) in [6.45, 7) is 1.61. The van der Waals surface area contributed by atoms with Crippen LogP contribution in [0.15, 0.2) is 103 Å². The zero-order valence-corrected chi connectivity index (χ0v) is 22.7. The van der Waals surface area contributed by atoms with Crippen LogP contribution < -0.4 is 16.4 Å². The number of aromatic amines is 1. The van der Waals surface area contributed by atoms with E-state index in [0.717, 1.165) is 38.4 Å². The lowest BCUT2D eigenvalue weighted by molar-refractivity contribution is -0.132. The van der Waals surface area contributed by atoms with Crippen LogP contribution in [0.5, 0.6) is 0 Å². The summed E-state index contributed by atoms with van der Waals surface area (Å²) in [4.78, 5) is 42.5. The molecule has 0 saturated carbocycles. The Balaban J connectivity index is 1.36. The third-order valence-electron chi connectivity index (χ3n) is 7.29. The fourth-order valence-electron chi connectivity index (χ4n) is 5.03. The minimum absolute atomic E-state index is 0.0294. The maximum Gasteiger partial charge on any atom is 0.408 e. The number of carbonyl (C=O) groups excluding carboxylic acids is 3. The van der Waals surface area contributed by atoms with Crippen molar-refractivity contribution in [3.8, 4) is 0 Å². The number of fused-ring (bicyclic) bond motifs is 2. The molecule has 5 N–H and O–H groups in total. The van der Waals surface area contributed by atoms with Crippen LogP contribution in [0.3, 0.4) is 0 Å². The van der Waals surface area contributed by atoms with Crippen LogP contribution in [0.4, 0.5) is 4.79 Å².